The highest BCUT2D eigenvalue weighted by Gasteiger charge is 2.19. The molecule has 3 nitrogen and oxygen atoms in total. The quantitative estimate of drug-likeness (QED) is 0.836. The normalized spacial score (nSPS) is 13.7. The summed E-state index contributed by atoms with van der Waals surface area (Å²) < 4.78 is 23.6. The lowest BCUT2D eigenvalue weighted by molar-refractivity contribution is 0.222. The fourth-order valence-corrected chi connectivity index (χ4v) is 3.13. The molecule has 0 bridgehead atoms. The molecule has 0 heterocycles. The van der Waals surface area contributed by atoms with Crippen molar-refractivity contribution in [2.75, 3.05) is 12.4 Å². The zero-order chi connectivity index (χ0) is 14.5. The van der Waals surface area contributed by atoms with Crippen LogP contribution in [0, 0.1) is 12.8 Å². The van der Waals surface area contributed by atoms with Crippen LogP contribution in [0.5, 0.6) is 0 Å². The van der Waals surface area contributed by atoms with Gasteiger partial charge < -0.3 is 5.11 Å². The lowest BCUT2D eigenvalue weighted by atomic mass is 9.97. The molecule has 1 atom stereocenters. The van der Waals surface area contributed by atoms with Crippen LogP contribution in [0.1, 0.15) is 31.4 Å². The Balaban J connectivity index is 2.60. The smallest absolute Gasteiger partial charge is 0.152 e. The minimum atomic E-state index is -3.01. The van der Waals surface area contributed by atoms with E-state index in [9.17, 15) is 13.5 Å². The van der Waals surface area contributed by atoms with Gasteiger partial charge in [-0.3, -0.25) is 0 Å². The van der Waals surface area contributed by atoms with Crippen LogP contribution >= 0.6 is 0 Å². The number of aryl methyl sites for hydroxylation is 1. The molecular formula is C15H24O3S. The van der Waals surface area contributed by atoms with E-state index in [2.05, 4.69) is 6.07 Å². The van der Waals surface area contributed by atoms with Gasteiger partial charge in [0.2, 0.25) is 0 Å². The molecule has 0 spiro atoms. The number of benzene rings is 1. The molecule has 1 unspecified atom stereocenters. The predicted molar refractivity (Wildman–Crippen MR) is 79.0 cm³/mol. The Morgan fingerprint density at radius 3 is 2.47 bits per heavy atom. The van der Waals surface area contributed by atoms with Crippen LogP contribution in [0.2, 0.25) is 0 Å². The van der Waals surface area contributed by atoms with Gasteiger partial charge in [0.25, 0.3) is 0 Å². The first-order valence-electron chi connectivity index (χ1n) is 6.73. The Bertz CT molecular complexity index is 492. The first-order valence-corrected chi connectivity index (χ1v) is 8.44. The van der Waals surface area contributed by atoms with Gasteiger partial charge in [-0.15, -0.1) is 0 Å². The van der Waals surface area contributed by atoms with Crippen LogP contribution in [-0.2, 0) is 16.3 Å². The number of rotatable bonds is 7. The van der Waals surface area contributed by atoms with Gasteiger partial charge in [0.05, 0.1) is 11.0 Å². The number of aliphatic hydroxyl groups excluding tert-OH is 1. The number of hydrogen-bond acceptors (Lipinski definition) is 3. The van der Waals surface area contributed by atoms with E-state index in [0.717, 1.165) is 12.0 Å². The summed E-state index contributed by atoms with van der Waals surface area (Å²) in [4.78, 5) is 0. The second-order valence-corrected chi connectivity index (χ2v) is 8.12. The van der Waals surface area contributed by atoms with Gasteiger partial charge in [0.15, 0.2) is 9.84 Å². The van der Waals surface area contributed by atoms with Gasteiger partial charge in [-0.1, -0.05) is 29.8 Å². The summed E-state index contributed by atoms with van der Waals surface area (Å²) >= 11 is 0. The molecule has 0 aliphatic carbocycles. The topological polar surface area (TPSA) is 54.4 Å². The monoisotopic (exact) mass is 284 g/mol. The summed E-state index contributed by atoms with van der Waals surface area (Å²) in [6.45, 7) is 5.45. The maximum Gasteiger partial charge on any atom is 0.152 e. The second-order valence-electron chi connectivity index (χ2n) is 5.45. The van der Waals surface area contributed by atoms with E-state index in [1.165, 1.54) is 5.56 Å². The second kappa shape index (κ2) is 7.06. The average molecular weight is 284 g/mol. The van der Waals surface area contributed by atoms with Gasteiger partial charge in [-0.2, -0.15) is 0 Å². The Hall–Kier alpha value is -0.870. The standard InChI is InChI=1S/C15H24O3S/c1-12(2)19(17,18)8-7-15(11-16)10-14-6-4-5-13(3)9-14/h4-6,9,12,15-16H,7-8,10-11H2,1-3H3. The minimum Gasteiger partial charge on any atom is -0.396 e. The zero-order valence-corrected chi connectivity index (χ0v) is 12.8. The molecule has 1 rings (SSSR count). The van der Waals surface area contributed by atoms with Crippen molar-refractivity contribution in [3.63, 3.8) is 0 Å². The molecule has 0 saturated heterocycles. The number of hydrogen-bond donors (Lipinski definition) is 1. The molecule has 1 aromatic rings. The van der Waals surface area contributed by atoms with Crippen molar-refractivity contribution >= 4 is 9.84 Å². The molecule has 0 aliphatic heterocycles. The van der Waals surface area contributed by atoms with Gasteiger partial charge >= 0.3 is 0 Å². The Kier molecular flexibility index (Phi) is 6.01. The predicted octanol–water partition coefficient (Wildman–Crippen LogP) is 2.36. The highest BCUT2D eigenvalue weighted by Crippen LogP contribution is 2.15. The summed E-state index contributed by atoms with van der Waals surface area (Å²) in [6, 6.07) is 8.12. The van der Waals surface area contributed by atoms with Crippen LogP contribution in [-0.4, -0.2) is 31.1 Å². The molecule has 19 heavy (non-hydrogen) atoms. The van der Waals surface area contributed by atoms with E-state index in [-0.39, 0.29) is 23.5 Å². The van der Waals surface area contributed by atoms with Crippen LogP contribution in [0.25, 0.3) is 0 Å². The number of sulfone groups is 1. The van der Waals surface area contributed by atoms with Gasteiger partial charge in [0, 0.05) is 6.61 Å². The number of aliphatic hydroxyl groups is 1. The third-order valence-corrected chi connectivity index (χ3v) is 5.64. The lowest BCUT2D eigenvalue weighted by Crippen LogP contribution is -2.21. The lowest BCUT2D eigenvalue weighted by Gasteiger charge is -2.15. The van der Waals surface area contributed by atoms with Crippen LogP contribution in [0.3, 0.4) is 0 Å². The first kappa shape index (κ1) is 16.2. The van der Waals surface area contributed by atoms with E-state index in [1.54, 1.807) is 13.8 Å². The third-order valence-electron chi connectivity index (χ3n) is 3.39. The van der Waals surface area contributed by atoms with Crippen LogP contribution in [0.15, 0.2) is 24.3 Å². The average Bonchev–Trinajstić information content (AvgIpc) is 2.34. The summed E-state index contributed by atoms with van der Waals surface area (Å²) in [6.07, 6.45) is 1.25. The molecule has 1 N–H and O–H groups in total. The first-order chi connectivity index (χ1) is 8.85. The van der Waals surface area contributed by atoms with Crippen molar-refractivity contribution in [2.45, 2.75) is 38.9 Å². The van der Waals surface area contributed by atoms with Crippen LogP contribution in [0.4, 0.5) is 0 Å². The molecule has 1 aromatic carbocycles. The van der Waals surface area contributed by atoms with Gasteiger partial charge in [-0.25, -0.2) is 8.42 Å². The van der Waals surface area contributed by atoms with Crippen molar-refractivity contribution in [3.8, 4) is 0 Å². The maximum atomic E-state index is 11.8. The Morgan fingerprint density at radius 1 is 1.26 bits per heavy atom. The highest BCUT2D eigenvalue weighted by molar-refractivity contribution is 7.91. The van der Waals surface area contributed by atoms with Gasteiger partial charge in [-0.05, 0) is 45.1 Å². The summed E-state index contributed by atoms with van der Waals surface area (Å²) in [5.74, 6) is 0.164. The van der Waals surface area contributed by atoms with Crippen molar-refractivity contribution in [2.24, 2.45) is 5.92 Å². The molecular weight excluding hydrogens is 260 g/mol. The molecule has 108 valence electrons. The summed E-state index contributed by atoms with van der Waals surface area (Å²) in [5, 5.41) is 9.06. The summed E-state index contributed by atoms with van der Waals surface area (Å²) in [5.41, 5.74) is 2.34. The molecule has 0 radical (unpaired) electrons. The minimum absolute atomic E-state index is 0.00956. The molecule has 0 aliphatic rings. The fourth-order valence-electron chi connectivity index (χ4n) is 2.00. The highest BCUT2D eigenvalue weighted by atomic mass is 32.2. The molecule has 0 aromatic heterocycles. The maximum absolute atomic E-state index is 11.8. The van der Waals surface area contributed by atoms with E-state index in [0.29, 0.717) is 6.42 Å². The largest absolute Gasteiger partial charge is 0.396 e. The van der Waals surface area contributed by atoms with Gasteiger partial charge in [0.1, 0.15) is 0 Å². The molecule has 0 fully saturated rings. The van der Waals surface area contributed by atoms with E-state index >= 15 is 0 Å². The van der Waals surface area contributed by atoms with E-state index in [1.807, 2.05) is 25.1 Å². The fraction of sp³-hybridized carbons (Fsp3) is 0.600. The van der Waals surface area contributed by atoms with Crippen molar-refractivity contribution in [1.29, 1.82) is 0 Å². The Morgan fingerprint density at radius 2 is 1.95 bits per heavy atom. The molecule has 0 amide bonds. The SMILES string of the molecule is Cc1cccc(CC(CO)CCS(=O)(=O)C(C)C)c1. The molecule has 0 saturated carbocycles. The van der Waals surface area contributed by atoms with Crippen LogP contribution < -0.4 is 0 Å². The van der Waals surface area contributed by atoms with Crippen molar-refractivity contribution in [1.82, 2.24) is 0 Å². The van der Waals surface area contributed by atoms with Crippen molar-refractivity contribution < 1.29 is 13.5 Å². The third kappa shape index (κ3) is 5.33. The van der Waals surface area contributed by atoms with E-state index < -0.39 is 9.84 Å². The summed E-state index contributed by atoms with van der Waals surface area (Å²) in [7, 11) is -3.01. The molecule has 4 heteroatoms. The van der Waals surface area contributed by atoms with Crippen molar-refractivity contribution in [3.05, 3.63) is 35.4 Å². The Labute approximate surface area is 116 Å². The van der Waals surface area contributed by atoms with E-state index in [4.69, 9.17) is 0 Å². The zero-order valence-electron chi connectivity index (χ0n) is 12.0.